The maximum atomic E-state index is 11.9. The lowest BCUT2D eigenvalue weighted by Gasteiger charge is -2.48. The minimum Gasteiger partial charge on any atom is -0.392 e. The zero-order chi connectivity index (χ0) is 13.7. The summed E-state index contributed by atoms with van der Waals surface area (Å²) in [5.41, 5.74) is 0.904. The fourth-order valence-corrected chi connectivity index (χ4v) is 3.48. The van der Waals surface area contributed by atoms with Crippen LogP contribution in [-0.2, 0) is 4.79 Å². The molecule has 102 valence electrons. The average Bonchev–Trinajstić information content (AvgIpc) is 2.25. The first-order valence-electron chi connectivity index (χ1n) is 6.80. The van der Waals surface area contributed by atoms with Crippen LogP contribution >= 0.6 is 0 Å². The van der Waals surface area contributed by atoms with Crippen LogP contribution in [0, 0.1) is 11.3 Å². The first-order valence-corrected chi connectivity index (χ1v) is 6.80. The third kappa shape index (κ3) is 2.04. The molecule has 0 heterocycles. The Morgan fingerprint density at radius 2 is 1.94 bits per heavy atom. The summed E-state index contributed by atoms with van der Waals surface area (Å²) in [4.78, 5) is 11.9. The lowest BCUT2D eigenvalue weighted by Crippen LogP contribution is -2.47. The molecule has 1 saturated carbocycles. The number of hydrogen-bond acceptors (Lipinski definition) is 3. The normalized spacial score (nSPS) is 37.8. The fraction of sp³-hybridized carbons (Fsp3) is 0.800. The van der Waals surface area contributed by atoms with Crippen LogP contribution in [0.2, 0.25) is 0 Å². The summed E-state index contributed by atoms with van der Waals surface area (Å²) in [5.74, 6) is 0.236. The monoisotopic (exact) mass is 252 g/mol. The molecular weight excluding hydrogens is 228 g/mol. The molecule has 3 heteroatoms. The van der Waals surface area contributed by atoms with Crippen LogP contribution in [0.4, 0.5) is 0 Å². The van der Waals surface area contributed by atoms with Gasteiger partial charge in [0.1, 0.15) is 0 Å². The van der Waals surface area contributed by atoms with E-state index in [1.54, 1.807) is 0 Å². The first-order chi connectivity index (χ1) is 8.16. The Bertz CT molecular complexity index is 402. The van der Waals surface area contributed by atoms with Crippen molar-refractivity contribution >= 4 is 5.78 Å². The van der Waals surface area contributed by atoms with Gasteiger partial charge in [-0.05, 0) is 51.5 Å². The van der Waals surface area contributed by atoms with Crippen molar-refractivity contribution in [2.24, 2.45) is 11.3 Å². The number of carbonyl (C=O) groups is 1. The van der Waals surface area contributed by atoms with E-state index in [1.807, 2.05) is 20.8 Å². The molecule has 0 aromatic carbocycles. The number of aliphatic hydroxyl groups is 2. The van der Waals surface area contributed by atoms with E-state index in [4.69, 9.17) is 0 Å². The molecule has 2 rings (SSSR count). The Morgan fingerprint density at radius 1 is 1.33 bits per heavy atom. The van der Waals surface area contributed by atoms with E-state index in [1.165, 1.54) is 0 Å². The first kappa shape index (κ1) is 13.8. The van der Waals surface area contributed by atoms with Crippen LogP contribution in [0.5, 0.6) is 0 Å². The van der Waals surface area contributed by atoms with Gasteiger partial charge in [-0.1, -0.05) is 12.5 Å². The van der Waals surface area contributed by atoms with Crippen molar-refractivity contribution in [1.82, 2.24) is 0 Å². The van der Waals surface area contributed by atoms with Crippen molar-refractivity contribution in [1.29, 1.82) is 0 Å². The summed E-state index contributed by atoms with van der Waals surface area (Å²) < 4.78 is 0. The van der Waals surface area contributed by atoms with Gasteiger partial charge >= 0.3 is 0 Å². The van der Waals surface area contributed by atoms with Gasteiger partial charge in [0.05, 0.1) is 11.7 Å². The highest BCUT2D eigenvalue weighted by atomic mass is 16.3. The van der Waals surface area contributed by atoms with Crippen LogP contribution in [0.25, 0.3) is 0 Å². The fourth-order valence-electron chi connectivity index (χ4n) is 3.48. The Kier molecular flexibility index (Phi) is 3.19. The molecule has 2 N–H and O–H groups in total. The van der Waals surface area contributed by atoms with E-state index >= 15 is 0 Å². The van der Waals surface area contributed by atoms with Gasteiger partial charge in [0.15, 0.2) is 5.78 Å². The number of rotatable bonds is 1. The third-order valence-electron chi connectivity index (χ3n) is 5.14. The van der Waals surface area contributed by atoms with Crippen molar-refractivity contribution in [2.45, 2.75) is 65.1 Å². The van der Waals surface area contributed by atoms with Gasteiger partial charge in [0.2, 0.25) is 0 Å². The lowest BCUT2D eigenvalue weighted by atomic mass is 9.58. The van der Waals surface area contributed by atoms with Crippen molar-refractivity contribution in [2.75, 3.05) is 0 Å². The highest BCUT2D eigenvalue weighted by Crippen LogP contribution is 2.52. The Morgan fingerprint density at radius 3 is 2.50 bits per heavy atom. The minimum atomic E-state index is -0.722. The number of fused-ring (bicyclic) bond motifs is 1. The maximum Gasteiger partial charge on any atom is 0.161 e. The molecule has 0 aromatic heterocycles. The maximum absolute atomic E-state index is 11.9. The standard InChI is InChI=1S/C15H24O3/c1-9-11-7-10(14(2,3)18)5-6-15(11,4)13(17)8-12(9)16/h10,13,17-18H,5-8H2,1-4H3. The van der Waals surface area contributed by atoms with E-state index < -0.39 is 11.7 Å². The molecule has 0 amide bonds. The quantitative estimate of drug-likeness (QED) is 0.752. The summed E-state index contributed by atoms with van der Waals surface area (Å²) in [5, 5.41) is 20.4. The average molecular weight is 252 g/mol. The molecule has 2 aliphatic rings. The van der Waals surface area contributed by atoms with Gasteiger partial charge in [-0.3, -0.25) is 4.79 Å². The molecule has 0 radical (unpaired) electrons. The van der Waals surface area contributed by atoms with Crippen molar-refractivity contribution in [3.8, 4) is 0 Å². The zero-order valence-corrected chi connectivity index (χ0v) is 11.8. The smallest absolute Gasteiger partial charge is 0.161 e. The van der Waals surface area contributed by atoms with Gasteiger partial charge in [-0.2, -0.15) is 0 Å². The highest BCUT2D eigenvalue weighted by Gasteiger charge is 2.48. The molecular formula is C15H24O3. The summed E-state index contributed by atoms with van der Waals surface area (Å²) in [7, 11) is 0. The van der Waals surface area contributed by atoms with Crippen molar-refractivity contribution < 1.29 is 15.0 Å². The number of Topliss-reactive ketones (excluding diaryl/α,β-unsaturated/α-hetero) is 1. The summed E-state index contributed by atoms with van der Waals surface area (Å²) in [6.07, 6.45) is 2.17. The van der Waals surface area contributed by atoms with E-state index in [9.17, 15) is 15.0 Å². The number of aliphatic hydroxyl groups excluding tert-OH is 1. The molecule has 3 unspecified atom stereocenters. The van der Waals surface area contributed by atoms with Crippen LogP contribution in [0.1, 0.15) is 53.4 Å². The molecule has 18 heavy (non-hydrogen) atoms. The van der Waals surface area contributed by atoms with Crippen LogP contribution in [0.3, 0.4) is 0 Å². The van der Waals surface area contributed by atoms with Gasteiger partial charge in [0.25, 0.3) is 0 Å². The lowest BCUT2D eigenvalue weighted by molar-refractivity contribution is -0.121. The Labute approximate surface area is 109 Å². The molecule has 3 nitrogen and oxygen atoms in total. The van der Waals surface area contributed by atoms with Crippen LogP contribution < -0.4 is 0 Å². The number of carbonyl (C=O) groups excluding carboxylic acids is 1. The van der Waals surface area contributed by atoms with Gasteiger partial charge in [-0.25, -0.2) is 0 Å². The van der Waals surface area contributed by atoms with E-state index in [0.29, 0.717) is 0 Å². The predicted octanol–water partition coefficient (Wildman–Crippen LogP) is 2.21. The molecule has 0 aromatic rings. The van der Waals surface area contributed by atoms with Crippen LogP contribution in [0.15, 0.2) is 11.1 Å². The molecule has 2 aliphatic carbocycles. The molecule has 0 spiro atoms. The van der Waals surface area contributed by atoms with Crippen molar-refractivity contribution in [3.63, 3.8) is 0 Å². The van der Waals surface area contributed by atoms with Gasteiger partial charge in [-0.15, -0.1) is 0 Å². The molecule has 1 fully saturated rings. The van der Waals surface area contributed by atoms with Gasteiger partial charge in [0, 0.05) is 11.8 Å². The Hall–Kier alpha value is -0.670. The summed E-state index contributed by atoms with van der Waals surface area (Å²) in [6, 6.07) is 0. The predicted molar refractivity (Wildman–Crippen MR) is 70.1 cm³/mol. The SMILES string of the molecule is CC1=C2CC(C(C)(C)O)CCC2(C)C(O)CC1=O. The highest BCUT2D eigenvalue weighted by molar-refractivity contribution is 5.97. The molecule has 3 atom stereocenters. The summed E-state index contributed by atoms with van der Waals surface area (Å²) >= 11 is 0. The zero-order valence-electron chi connectivity index (χ0n) is 11.8. The second kappa shape index (κ2) is 4.17. The van der Waals surface area contributed by atoms with Crippen molar-refractivity contribution in [3.05, 3.63) is 11.1 Å². The number of ketones is 1. The molecule has 0 saturated heterocycles. The van der Waals surface area contributed by atoms with E-state index in [2.05, 4.69) is 6.92 Å². The van der Waals surface area contributed by atoms with E-state index in [0.717, 1.165) is 30.4 Å². The third-order valence-corrected chi connectivity index (χ3v) is 5.14. The number of allylic oxidation sites excluding steroid dienone is 1. The van der Waals surface area contributed by atoms with Crippen LogP contribution in [-0.4, -0.2) is 27.7 Å². The second-order valence-electron chi connectivity index (χ2n) is 6.76. The van der Waals surface area contributed by atoms with Gasteiger partial charge < -0.3 is 10.2 Å². The minimum absolute atomic E-state index is 0.0615. The summed E-state index contributed by atoms with van der Waals surface area (Å²) in [6.45, 7) is 7.59. The van der Waals surface area contributed by atoms with E-state index in [-0.39, 0.29) is 23.5 Å². The Balaban J connectivity index is 2.38. The second-order valence-corrected chi connectivity index (χ2v) is 6.76. The number of hydrogen-bond donors (Lipinski definition) is 2. The topological polar surface area (TPSA) is 57.5 Å². The largest absolute Gasteiger partial charge is 0.392 e. The molecule has 0 aliphatic heterocycles. The molecule has 0 bridgehead atoms.